The van der Waals surface area contributed by atoms with Crippen molar-refractivity contribution in [2.24, 2.45) is 5.92 Å². The zero-order chi connectivity index (χ0) is 14.8. The molecule has 1 atom stereocenters. The van der Waals surface area contributed by atoms with Crippen molar-refractivity contribution in [3.8, 4) is 0 Å². The molecule has 5 nitrogen and oxygen atoms in total. The highest BCUT2D eigenvalue weighted by atomic mass is 16.6. The van der Waals surface area contributed by atoms with Gasteiger partial charge in [0.15, 0.2) is 0 Å². The van der Waals surface area contributed by atoms with Crippen molar-refractivity contribution >= 4 is 22.3 Å². The van der Waals surface area contributed by atoms with E-state index >= 15 is 0 Å². The largest absolute Gasteiger partial charge is 0.382 e. The molecule has 1 unspecified atom stereocenters. The molecule has 1 heterocycles. The molecule has 1 N–H and O–H groups in total. The first-order valence-electron chi connectivity index (χ1n) is 7.45. The molecule has 1 fully saturated rings. The molecule has 2 aromatic rings. The molecule has 3 rings (SSSR count). The lowest BCUT2D eigenvalue weighted by Crippen LogP contribution is -2.23. The Morgan fingerprint density at radius 3 is 2.81 bits per heavy atom. The Hall–Kier alpha value is -2.17. The molecule has 0 amide bonds. The van der Waals surface area contributed by atoms with E-state index in [0.29, 0.717) is 17.5 Å². The first-order chi connectivity index (χ1) is 10.2. The highest BCUT2D eigenvalue weighted by Crippen LogP contribution is 2.32. The van der Waals surface area contributed by atoms with Crippen molar-refractivity contribution in [1.29, 1.82) is 0 Å². The number of nitro benzene ring substituents is 1. The maximum Gasteiger partial charge on any atom is 0.295 e. The van der Waals surface area contributed by atoms with E-state index < -0.39 is 0 Å². The average Bonchev–Trinajstić information content (AvgIpc) is 3.01. The van der Waals surface area contributed by atoms with Crippen LogP contribution in [0.4, 0.5) is 11.4 Å². The van der Waals surface area contributed by atoms with E-state index in [9.17, 15) is 10.1 Å². The molecule has 21 heavy (non-hydrogen) atoms. The van der Waals surface area contributed by atoms with Crippen LogP contribution in [-0.4, -0.2) is 15.9 Å². The van der Waals surface area contributed by atoms with Gasteiger partial charge in [-0.3, -0.25) is 10.1 Å². The Kier molecular flexibility index (Phi) is 3.73. The number of nitrogens with one attached hydrogen (secondary N) is 1. The summed E-state index contributed by atoms with van der Waals surface area (Å²) in [4.78, 5) is 14.9. The molecule has 0 bridgehead atoms. The van der Waals surface area contributed by atoms with Crippen LogP contribution in [0.1, 0.15) is 32.6 Å². The van der Waals surface area contributed by atoms with Gasteiger partial charge in [0.1, 0.15) is 5.52 Å². The van der Waals surface area contributed by atoms with Gasteiger partial charge in [0, 0.05) is 29.4 Å². The van der Waals surface area contributed by atoms with Crippen molar-refractivity contribution in [2.75, 3.05) is 5.32 Å². The average molecular weight is 285 g/mol. The maximum atomic E-state index is 11.1. The summed E-state index contributed by atoms with van der Waals surface area (Å²) in [7, 11) is 0. The van der Waals surface area contributed by atoms with E-state index in [1.54, 1.807) is 12.3 Å². The minimum absolute atomic E-state index is 0.0599. The van der Waals surface area contributed by atoms with Gasteiger partial charge in [0.2, 0.25) is 0 Å². The molecule has 1 saturated carbocycles. The summed E-state index contributed by atoms with van der Waals surface area (Å²) in [5.74, 6) is 0.687. The van der Waals surface area contributed by atoms with Crippen molar-refractivity contribution in [2.45, 2.75) is 38.6 Å². The van der Waals surface area contributed by atoms with E-state index in [1.165, 1.54) is 31.7 Å². The minimum Gasteiger partial charge on any atom is -0.382 e. The molecule has 0 saturated heterocycles. The lowest BCUT2D eigenvalue weighted by molar-refractivity contribution is -0.383. The van der Waals surface area contributed by atoms with Crippen LogP contribution in [-0.2, 0) is 0 Å². The molecular weight excluding hydrogens is 266 g/mol. The molecule has 5 heteroatoms. The summed E-state index contributed by atoms with van der Waals surface area (Å²) < 4.78 is 0. The topological polar surface area (TPSA) is 68.1 Å². The van der Waals surface area contributed by atoms with Crippen LogP contribution in [0.2, 0.25) is 0 Å². The number of para-hydroxylation sites is 1. The summed E-state index contributed by atoms with van der Waals surface area (Å²) in [6.07, 6.45) is 6.77. The fourth-order valence-electron chi connectivity index (χ4n) is 3.25. The third kappa shape index (κ3) is 2.68. The molecule has 1 aliphatic rings. The number of hydrogen-bond acceptors (Lipinski definition) is 4. The zero-order valence-electron chi connectivity index (χ0n) is 12.1. The second-order valence-electron chi connectivity index (χ2n) is 5.77. The van der Waals surface area contributed by atoms with Crippen LogP contribution < -0.4 is 5.32 Å². The number of benzene rings is 1. The number of nitro groups is 1. The van der Waals surface area contributed by atoms with Crippen LogP contribution in [0.3, 0.4) is 0 Å². The maximum absolute atomic E-state index is 11.1. The van der Waals surface area contributed by atoms with E-state index in [4.69, 9.17) is 0 Å². The Balaban J connectivity index is 1.95. The van der Waals surface area contributed by atoms with Crippen LogP contribution in [0.5, 0.6) is 0 Å². The minimum atomic E-state index is -0.375. The van der Waals surface area contributed by atoms with Gasteiger partial charge in [0.25, 0.3) is 5.69 Å². The summed E-state index contributed by atoms with van der Waals surface area (Å²) >= 11 is 0. The molecule has 0 spiro atoms. The highest BCUT2D eigenvalue weighted by Gasteiger charge is 2.22. The third-order valence-corrected chi connectivity index (χ3v) is 4.44. The van der Waals surface area contributed by atoms with Gasteiger partial charge in [-0.1, -0.05) is 25.0 Å². The Morgan fingerprint density at radius 2 is 2.10 bits per heavy atom. The number of nitrogens with zero attached hydrogens (tertiary/aromatic N) is 2. The summed E-state index contributed by atoms with van der Waals surface area (Å²) in [5.41, 5.74) is 1.44. The Labute approximate surface area is 123 Å². The van der Waals surface area contributed by atoms with Crippen molar-refractivity contribution in [1.82, 2.24) is 4.98 Å². The molecule has 0 radical (unpaired) electrons. The van der Waals surface area contributed by atoms with Gasteiger partial charge in [-0.2, -0.15) is 0 Å². The number of rotatable bonds is 4. The summed E-state index contributed by atoms with van der Waals surface area (Å²) in [6.45, 7) is 2.19. The number of aromatic nitrogens is 1. The number of fused-ring (bicyclic) bond motifs is 1. The number of non-ortho nitro benzene ring substituents is 1. The molecule has 1 aliphatic carbocycles. The van der Waals surface area contributed by atoms with Gasteiger partial charge >= 0.3 is 0 Å². The predicted molar refractivity (Wildman–Crippen MR) is 83.4 cm³/mol. The van der Waals surface area contributed by atoms with Gasteiger partial charge in [0.05, 0.1) is 4.92 Å². The van der Waals surface area contributed by atoms with Crippen molar-refractivity contribution < 1.29 is 4.92 Å². The third-order valence-electron chi connectivity index (χ3n) is 4.44. The predicted octanol–water partition coefficient (Wildman–Crippen LogP) is 4.13. The second kappa shape index (κ2) is 5.68. The first-order valence-corrected chi connectivity index (χ1v) is 7.45. The van der Waals surface area contributed by atoms with Crippen molar-refractivity contribution in [3.05, 3.63) is 40.6 Å². The number of pyridine rings is 1. The first kappa shape index (κ1) is 13.8. The molecule has 110 valence electrons. The lowest BCUT2D eigenvalue weighted by Gasteiger charge is -2.22. The van der Waals surface area contributed by atoms with Gasteiger partial charge in [-0.25, -0.2) is 4.98 Å². The van der Waals surface area contributed by atoms with Crippen LogP contribution in [0, 0.1) is 16.0 Å². The van der Waals surface area contributed by atoms with E-state index in [1.807, 2.05) is 12.1 Å². The number of hydrogen-bond donors (Lipinski definition) is 1. The molecular formula is C16H19N3O2. The van der Waals surface area contributed by atoms with Crippen LogP contribution >= 0.6 is 0 Å². The SMILES string of the molecule is CC(Nc1ccnc2c([N+](=O)[O-])cccc12)C1CCCC1. The van der Waals surface area contributed by atoms with E-state index in [-0.39, 0.29) is 10.6 Å². The Bertz CT molecular complexity index is 666. The van der Waals surface area contributed by atoms with Gasteiger partial charge < -0.3 is 5.32 Å². The van der Waals surface area contributed by atoms with Gasteiger partial charge in [-0.05, 0) is 31.7 Å². The van der Waals surface area contributed by atoms with E-state index in [0.717, 1.165) is 11.1 Å². The lowest BCUT2D eigenvalue weighted by atomic mass is 9.99. The Morgan fingerprint density at radius 1 is 1.33 bits per heavy atom. The van der Waals surface area contributed by atoms with E-state index in [2.05, 4.69) is 17.2 Å². The summed E-state index contributed by atoms with van der Waals surface area (Å²) in [5, 5.41) is 15.4. The second-order valence-corrected chi connectivity index (χ2v) is 5.77. The smallest absolute Gasteiger partial charge is 0.295 e. The fourth-order valence-corrected chi connectivity index (χ4v) is 3.25. The van der Waals surface area contributed by atoms with Crippen LogP contribution in [0.15, 0.2) is 30.5 Å². The normalized spacial score (nSPS) is 17.0. The summed E-state index contributed by atoms with van der Waals surface area (Å²) in [6, 6.07) is 7.38. The van der Waals surface area contributed by atoms with Crippen molar-refractivity contribution in [3.63, 3.8) is 0 Å². The number of anilines is 1. The zero-order valence-corrected chi connectivity index (χ0v) is 12.1. The quantitative estimate of drug-likeness (QED) is 0.677. The highest BCUT2D eigenvalue weighted by molar-refractivity contribution is 5.96. The standard InChI is InChI=1S/C16H19N3O2/c1-11(12-5-2-3-6-12)18-14-9-10-17-16-13(14)7-4-8-15(16)19(20)21/h4,7-12H,2-3,5-6H2,1H3,(H,17,18). The fraction of sp³-hybridized carbons (Fsp3) is 0.438. The van der Waals surface area contributed by atoms with Gasteiger partial charge in [-0.15, -0.1) is 0 Å². The molecule has 0 aliphatic heterocycles. The molecule has 1 aromatic heterocycles. The van der Waals surface area contributed by atoms with Crippen LogP contribution in [0.25, 0.3) is 10.9 Å². The molecule has 1 aromatic carbocycles. The monoisotopic (exact) mass is 285 g/mol.